The fraction of sp³-hybridized carbons (Fsp3) is 0.683. The molecule has 0 radical (unpaired) electrons. The normalized spacial score (nSPS) is 18.1. The summed E-state index contributed by atoms with van der Waals surface area (Å²) in [6.45, 7) is 10.8. The van der Waals surface area contributed by atoms with Crippen molar-refractivity contribution in [2.75, 3.05) is 13.2 Å². The fourth-order valence-corrected chi connectivity index (χ4v) is 10.8. The minimum Gasteiger partial charge on any atom is -0.494 e. The second-order valence-corrected chi connectivity index (χ2v) is 21.3. The topological polar surface area (TPSA) is 70.0 Å². The van der Waals surface area contributed by atoms with Crippen molar-refractivity contribution in [2.24, 2.45) is 23.7 Å². The number of aromatic nitrogens is 4. The molecule has 69 heavy (non-hydrogen) atoms. The molecule has 2 fully saturated rings. The molecule has 0 unspecified atom stereocenters. The summed E-state index contributed by atoms with van der Waals surface area (Å²) in [7, 11) is 0. The Kier molecular flexibility index (Phi) is 28.7. The van der Waals surface area contributed by atoms with Crippen molar-refractivity contribution in [1.82, 2.24) is 19.9 Å². The van der Waals surface area contributed by atoms with E-state index >= 15 is 0 Å². The summed E-state index contributed by atoms with van der Waals surface area (Å²) >= 11 is 0. The highest BCUT2D eigenvalue weighted by atomic mass is 16.5. The SMILES string of the molecule is CCCCCCCCCCCOc1ccc(-c2ncc(CCC3CCC(CC)CC3)cn2)cc1.CCCCCCCCCCCOc1ccc(-c2ncc(CCC3CCC(CCC)CC3)cn2)cc1. The van der Waals surface area contributed by atoms with E-state index in [1.807, 2.05) is 36.9 Å². The van der Waals surface area contributed by atoms with Crippen molar-refractivity contribution < 1.29 is 9.47 Å². The number of unbranched alkanes of at least 4 members (excludes halogenated alkanes) is 16. The highest BCUT2D eigenvalue weighted by Gasteiger charge is 2.21. The molecule has 0 spiro atoms. The summed E-state index contributed by atoms with van der Waals surface area (Å²) in [6.07, 6.45) is 52.5. The number of hydrogen-bond acceptors (Lipinski definition) is 6. The first-order chi connectivity index (χ1) is 34.1. The van der Waals surface area contributed by atoms with E-state index in [1.165, 1.54) is 197 Å². The van der Waals surface area contributed by atoms with Crippen LogP contribution in [0, 0.1) is 23.7 Å². The molecule has 0 bridgehead atoms. The second-order valence-electron chi connectivity index (χ2n) is 21.3. The van der Waals surface area contributed by atoms with Gasteiger partial charge in [0.1, 0.15) is 11.5 Å². The molecule has 0 N–H and O–H groups in total. The molecule has 2 heterocycles. The zero-order chi connectivity index (χ0) is 48.4. The maximum Gasteiger partial charge on any atom is 0.159 e. The molecule has 6 heteroatoms. The van der Waals surface area contributed by atoms with Crippen LogP contribution < -0.4 is 9.47 Å². The molecule has 0 saturated heterocycles. The maximum atomic E-state index is 5.94. The minimum atomic E-state index is 0.803. The van der Waals surface area contributed by atoms with Crippen LogP contribution in [-0.2, 0) is 12.8 Å². The molecule has 2 saturated carbocycles. The van der Waals surface area contributed by atoms with E-state index in [-0.39, 0.29) is 0 Å². The Morgan fingerprint density at radius 3 is 1.01 bits per heavy atom. The first-order valence-electron chi connectivity index (χ1n) is 29.1. The Morgan fingerprint density at radius 2 is 0.681 bits per heavy atom. The monoisotopic (exact) mass is 943 g/mol. The van der Waals surface area contributed by atoms with Gasteiger partial charge in [-0.1, -0.05) is 201 Å². The lowest BCUT2D eigenvalue weighted by molar-refractivity contribution is 0.252. The minimum absolute atomic E-state index is 0.803. The van der Waals surface area contributed by atoms with E-state index in [0.29, 0.717) is 0 Å². The summed E-state index contributed by atoms with van der Waals surface area (Å²) < 4.78 is 11.9. The maximum absolute atomic E-state index is 5.94. The quantitative estimate of drug-likeness (QED) is 0.0443. The van der Waals surface area contributed by atoms with Crippen LogP contribution in [-0.4, -0.2) is 33.1 Å². The zero-order valence-corrected chi connectivity index (χ0v) is 44.6. The van der Waals surface area contributed by atoms with Crippen molar-refractivity contribution in [2.45, 2.75) is 240 Å². The van der Waals surface area contributed by atoms with Gasteiger partial charge in [-0.05, 0) is 122 Å². The standard InChI is InChI=1S/C32H50N2O.C31H48N2O/c1-3-5-6-7-8-9-10-11-12-24-35-31-22-20-30(21-23-31)32-33-25-29(26-34-32)19-18-28-16-14-27(13-4-2)15-17-28;1-3-5-6-7-8-9-10-11-12-23-34-30-21-19-29(20-22-30)31-32-24-28(25-33-31)18-17-27-15-13-26(4-2)14-16-27/h20-23,25-28H,3-19,24H2,1-2H3;19-22,24-27H,3-18,23H2,1-2H3. The smallest absolute Gasteiger partial charge is 0.159 e. The Bertz CT molecular complexity index is 1810. The van der Waals surface area contributed by atoms with Crippen LogP contribution in [0.5, 0.6) is 11.5 Å². The summed E-state index contributed by atoms with van der Waals surface area (Å²) in [4.78, 5) is 18.6. The molecular weight excluding hydrogens is 845 g/mol. The molecular formula is C63H98N4O2. The van der Waals surface area contributed by atoms with Gasteiger partial charge in [0.05, 0.1) is 13.2 Å². The molecule has 0 atom stereocenters. The van der Waals surface area contributed by atoms with Gasteiger partial charge in [0.2, 0.25) is 0 Å². The number of nitrogens with zero attached hydrogens (tertiary/aromatic N) is 4. The molecule has 2 aliphatic carbocycles. The summed E-state index contributed by atoms with van der Waals surface area (Å²) in [5.74, 6) is 7.25. The molecule has 0 aliphatic heterocycles. The molecule has 4 aromatic rings. The van der Waals surface area contributed by atoms with Crippen LogP contribution in [0.1, 0.15) is 238 Å². The van der Waals surface area contributed by atoms with Gasteiger partial charge in [-0.2, -0.15) is 0 Å². The van der Waals surface area contributed by atoms with Gasteiger partial charge in [-0.25, -0.2) is 19.9 Å². The Labute approximate surface area is 422 Å². The van der Waals surface area contributed by atoms with Crippen molar-refractivity contribution in [3.8, 4) is 34.3 Å². The van der Waals surface area contributed by atoms with Crippen molar-refractivity contribution in [3.63, 3.8) is 0 Å². The third kappa shape index (κ3) is 23.3. The van der Waals surface area contributed by atoms with Crippen LogP contribution >= 0.6 is 0 Å². The average molecular weight is 944 g/mol. The molecule has 2 aliphatic rings. The lowest BCUT2D eigenvalue weighted by Gasteiger charge is -2.28. The second kappa shape index (κ2) is 35.3. The number of aryl methyl sites for hydroxylation is 2. The van der Waals surface area contributed by atoms with E-state index in [0.717, 1.165) is 96.8 Å². The van der Waals surface area contributed by atoms with E-state index in [4.69, 9.17) is 9.47 Å². The number of ether oxygens (including phenoxy) is 2. The van der Waals surface area contributed by atoms with Gasteiger partial charge in [0, 0.05) is 35.9 Å². The van der Waals surface area contributed by atoms with Crippen LogP contribution in [0.3, 0.4) is 0 Å². The van der Waals surface area contributed by atoms with Crippen molar-refractivity contribution in [3.05, 3.63) is 84.4 Å². The number of hydrogen-bond donors (Lipinski definition) is 0. The first-order valence-corrected chi connectivity index (χ1v) is 29.1. The Balaban J connectivity index is 0.000000258. The van der Waals surface area contributed by atoms with Crippen LogP contribution in [0.25, 0.3) is 22.8 Å². The average Bonchev–Trinajstić information content (AvgIpc) is 3.40. The lowest BCUT2D eigenvalue weighted by Crippen LogP contribution is -2.15. The van der Waals surface area contributed by atoms with Crippen LogP contribution in [0.4, 0.5) is 0 Å². The molecule has 382 valence electrons. The summed E-state index contributed by atoms with van der Waals surface area (Å²) in [5, 5.41) is 0. The number of benzene rings is 2. The zero-order valence-electron chi connectivity index (χ0n) is 44.6. The molecule has 6 rings (SSSR count). The molecule has 6 nitrogen and oxygen atoms in total. The molecule has 2 aromatic heterocycles. The third-order valence-electron chi connectivity index (χ3n) is 15.6. The predicted molar refractivity (Wildman–Crippen MR) is 293 cm³/mol. The highest BCUT2D eigenvalue weighted by Crippen LogP contribution is 2.35. The summed E-state index contributed by atoms with van der Waals surface area (Å²) in [6, 6.07) is 16.5. The first kappa shape index (κ1) is 56.1. The fourth-order valence-electron chi connectivity index (χ4n) is 10.8. The third-order valence-corrected chi connectivity index (χ3v) is 15.6. The van der Waals surface area contributed by atoms with Gasteiger partial charge in [-0.15, -0.1) is 0 Å². The number of rotatable bonds is 33. The van der Waals surface area contributed by atoms with Crippen molar-refractivity contribution in [1.29, 1.82) is 0 Å². The van der Waals surface area contributed by atoms with Crippen LogP contribution in [0.2, 0.25) is 0 Å². The largest absolute Gasteiger partial charge is 0.494 e. The van der Waals surface area contributed by atoms with Crippen molar-refractivity contribution >= 4 is 0 Å². The van der Waals surface area contributed by atoms with Gasteiger partial charge >= 0.3 is 0 Å². The van der Waals surface area contributed by atoms with E-state index < -0.39 is 0 Å². The lowest BCUT2D eigenvalue weighted by atomic mass is 9.78. The van der Waals surface area contributed by atoms with Gasteiger partial charge in [-0.3, -0.25) is 0 Å². The van der Waals surface area contributed by atoms with E-state index in [2.05, 4.69) is 84.0 Å². The Morgan fingerprint density at radius 1 is 0.362 bits per heavy atom. The molecule has 2 aromatic carbocycles. The van der Waals surface area contributed by atoms with E-state index in [1.54, 1.807) is 0 Å². The van der Waals surface area contributed by atoms with Gasteiger partial charge in [0.15, 0.2) is 11.6 Å². The van der Waals surface area contributed by atoms with Gasteiger partial charge < -0.3 is 9.47 Å². The predicted octanol–water partition coefficient (Wildman–Crippen LogP) is 18.8. The summed E-state index contributed by atoms with van der Waals surface area (Å²) in [5.41, 5.74) is 4.65. The van der Waals surface area contributed by atoms with Crippen LogP contribution in [0.15, 0.2) is 73.3 Å². The molecule has 0 amide bonds. The Hall–Kier alpha value is -3.80. The highest BCUT2D eigenvalue weighted by molar-refractivity contribution is 5.56. The van der Waals surface area contributed by atoms with E-state index in [9.17, 15) is 0 Å². The van der Waals surface area contributed by atoms with Gasteiger partial charge in [0.25, 0.3) is 0 Å².